The summed E-state index contributed by atoms with van der Waals surface area (Å²) in [6.45, 7) is 3.14. The van der Waals surface area contributed by atoms with Crippen molar-refractivity contribution in [3.8, 4) is 0 Å². The lowest BCUT2D eigenvalue weighted by Gasteiger charge is -2.25. The molecular formula is C16H23FN2O2. The summed E-state index contributed by atoms with van der Waals surface area (Å²) in [6.07, 6.45) is 4.49. The molecule has 1 saturated heterocycles. The van der Waals surface area contributed by atoms with Gasteiger partial charge in [0.05, 0.1) is 6.10 Å². The van der Waals surface area contributed by atoms with Gasteiger partial charge in [0.15, 0.2) is 0 Å². The third kappa shape index (κ3) is 4.70. The van der Waals surface area contributed by atoms with E-state index in [-0.39, 0.29) is 18.0 Å². The van der Waals surface area contributed by atoms with Gasteiger partial charge in [-0.2, -0.15) is 0 Å². The van der Waals surface area contributed by atoms with Crippen molar-refractivity contribution in [1.29, 1.82) is 0 Å². The molecule has 1 aromatic rings. The van der Waals surface area contributed by atoms with Crippen molar-refractivity contribution in [2.24, 2.45) is 0 Å². The number of halogens is 1. The minimum atomic E-state index is -0.314. The Balaban J connectivity index is 1.80. The second kappa shape index (κ2) is 7.41. The average Bonchev–Trinajstić information content (AvgIpc) is 2.49. The van der Waals surface area contributed by atoms with Gasteiger partial charge in [0.2, 0.25) is 0 Å². The number of ether oxygens (including phenoxy) is 1. The van der Waals surface area contributed by atoms with Crippen molar-refractivity contribution in [3.63, 3.8) is 0 Å². The van der Waals surface area contributed by atoms with E-state index in [1.165, 1.54) is 12.5 Å². The summed E-state index contributed by atoms with van der Waals surface area (Å²) in [5, 5.41) is 2.70. The number of benzene rings is 1. The summed E-state index contributed by atoms with van der Waals surface area (Å²) >= 11 is 0. The number of urea groups is 1. The molecule has 0 spiro atoms. The highest BCUT2D eigenvalue weighted by atomic mass is 19.1. The molecule has 4 nitrogen and oxygen atoms in total. The van der Waals surface area contributed by atoms with E-state index in [0.717, 1.165) is 25.9 Å². The van der Waals surface area contributed by atoms with Crippen LogP contribution in [0.4, 0.5) is 14.9 Å². The van der Waals surface area contributed by atoms with Gasteiger partial charge in [0, 0.05) is 25.9 Å². The molecule has 0 saturated carbocycles. The lowest BCUT2D eigenvalue weighted by atomic mass is 10.1. The van der Waals surface area contributed by atoms with Crippen LogP contribution in [0.3, 0.4) is 0 Å². The molecule has 1 aliphatic heterocycles. The second-order valence-corrected chi connectivity index (χ2v) is 5.59. The van der Waals surface area contributed by atoms with Gasteiger partial charge in [-0.25, -0.2) is 9.18 Å². The van der Waals surface area contributed by atoms with Crippen molar-refractivity contribution in [1.82, 2.24) is 4.90 Å². The van der Waals surface area contributed by atoms with Crippen molar-refractivity contribution in [3.05, 3.63) is 29.6 Å². The van der Waals surface area contributed by atoms with E-state index in [4.69, 9.17) is 4.74 Å². The molecule has 21 heavy (non-hydrogen) atoms. The summed E-state index contributed by atoms with van der Waals surface area (Å²) in [5.41, 5.74) is 1.04. The highest BCUT2D eigenvalue weighted by Gasteiger charge is 2.16. The summed E-state index contributed by atoms with van der Waals surface area (Å²) in [5.74, 6) is -0.314. The predicted octanol–water partition coefficient (Wildman–Crippen LogP) is 3.56. The van der Waals surface area contributed by atoms with Gasteiger partial charge in [-0.3, -0.25) is 0 Å². The molecule has 0 bridgehead atoms. The normalized spacial score (nSPS) is 18.3. The van der Waals surface area contributed by atoms with E-state index < -0.39 is 0 Å². The topological polar surface area (TPSA) is 41.6 Å². The fraction of sp³-hybridized carbons (Fsp3) is 0.562. The van der Waals surface area contributed by atoms with Crippen LogP contribution in [-0.2, 0) is 4.74 Å². The van der Waals surface area contributed by atoms with E-state index in [1.807, 2.05) is 0 Å². The highest BCUT2D eigenvalue weighted by molar-refractivity contribution is 5.89. The number of nitrogens with zero attached hydrogens (tertiary/aromatic N) is 1. The molecule has 1 heterocycles. The Morgan fingerprint density at radius 1 is 1.48 bits per heavy atom. The number of anilines is 1. The first-order valence-electron chi connectivity index (χ1n) is 7.46. The molecule has 1 fully saturated rings. The number of rotatable bonds is 4. The zero-order valence-electron chi connectivity index (χ0n) is 12.7. The van der Waals surface area contributed by atoms with Crippen LogP contribution >= 0.6 is 0 Å². The minimum absolute atomic E-state index is 0.228. The van der Waals surface area contributed by atoms with Crippen molar-refractivity contribution >= 4 is 11.7 Å². The Morgan fingerprint density at radius 2 is 2.29 bits per heavy atom. The molecule has 116 valence electrons. The van der Waals surface area contributed by atoms with Gasteiger partial charge < -0.3 is 15.0 Å². The zero-order chi connectivity index (χ0) is 15.2. The number of hydrogen-bond acceptors (Lipinski definition) is 2. The lowest BCUT2D eigenvalue weighted by Crippen LogP contribution is -2.34. The largest absolute Gasteiger partial charge is 0.378 e. The van der Waals surface area contributed by atoms with Crippen LogP contribution in [0, 0.1) is 12.7 Å². The van der Waals surface area contributed by atoms with Crippen molar-refractivity contribution < 1.29 is 13.9 Å². The number of amides is 2. The molecule has 1 aromatic carbocycles. The number of hydrogen-bond donors (Lipinski definition) is 1. The molecule has 2 amide bonds. The van der Waals surface area contributed by atoms with Crippen LogP contribution < -0.4 is 5.32 Å². The first kappa shape index (κ1) is 15.8. The van der Waals surface area contributed by atoms with Crippen LogP contribution in [0.1, 0.15) is 31.2 Å². The number of aryl methyl sites for hydroxylation is 1. The molecule has 0 aromatic heterocycles. The maximum Gasteiger partial charge on any atom is 0.321 e. The Kier molecular flexibility index (Phi) is 5.56. The van der Waals surface area contributed by atoms with E-state index >= 15 is 0 Å². The Morgan fingerprint density at radius 3 is 2.95 bits per heavy atom. The first-order chi connectivity index (χ1) is 10.1. The average molecular weight is 294 g/mol. The molecule has 5 heteroatoms. The molecule has 2 rings (SSSR count). The summed E-state index contributed by atoms with van der Waals surface area (Å²) in [6, 6.07) is 4.47. The van der Waals surface area contributed by atoms with Crippen LogP contribution in [0.2, 0.25) is 0 Å². The van der Waals surface area contributed by atoms with Gasteiger partial charge in [-0.1, -0.05) is 6.07 Å². The third-order valence-corrected chi connectivity index (χ3v) is 3.83. The fourth-order valence-electron chi connectivity index (χ4n) is 2.36. The van der Waals surface area contributed by atoms with E-state index in [9.17, 15) is 9.18 Å². The van der Waals surface area contributed by atoms with Crippen molar-refractivity contribution in [2.45, 2.75) is 38.7 Å². The van der Waals surface area contributed by atoms with Crippen molar-refractivity contribution in [2.75, 3.05) is 25.5 Å². The lowest BCUT2D eigenvalue weighted by molar-refractivity contribution is 0.00848. The van der Waals surface area contributed by atoms with Gasteiger partial charge in [0.25, 0.3) is 0 Å². The summed E-state index contributed by atoms with van der Waals surface area (Å²) in [4.78, 5) is 13.6. The highest BCUT2D eigenvalue weighted by Crippen LogP contribution is 2.17. The number of nitrogens with one attached hydrogen (secondary N) is 1. The molecule has 0 aliphatic carbocycles. The van der Waals surface area contributed by atoms with Crippen LogP contribution in [-0.4, -0.2) is 37.2 Å². The Bertz CT molecular complexity index is 487. The van der Waals surface area contributed by atoms with E-state index in [1.54, 1.807) is 31.0 Å². The van der Waals surface area contributed by atoms with E-state index in [0.29, 0.717) is 17.8 Å². The van der Waals surface area contributed by atoms with Crippen LogP contribution in [0.5, 0.6) is 0 Å². The number of carbonyl (C=O) groups is 1. The van der Waals surface area contributed by atoms with E-state index in [2.05, 4.69) is 5.32 Å². The predicted molar refractivity (Wildman–Crippen MR) is 81.0 cm³/mol. The maximum atomic E-state index is 13.4. The molecule has 1 aliphatic rings. The monoisotopic (exact) mass is 294 g/mol. The molecular weight excluding hydrogens is 271 g/mol. The second-order valence-electron chi connectivity index (χ2n) is 5.59. The summed E-state index contributed by atoms with van der Waals surface area (Å²) < 4.78 is 19.1. The Hall–Kier alpha value is -1.62. The van der Waals surface area contributed by atoms with Gasteiger partial charge in [-0.15, -0.1) is 0 Å². The van der Waals surface area contributed by atoms with Gasteiger partial charge >= 0.3 is 6.03 Å². The maximum absolute atomic E-state index is 13.4. The van der Waals surface area contributed by atoms with Crippen LogP contribution in [0.15, 0.2) is 18.2 Å². The minimum Gasteiger partial charge on any atom is -0.378 e. The quantitative estimate of drug-likeness (QED) is 0.922. The molecule has 1 atom stereocenters. The van der Waals surface area contributed by atoms with Gasteiger partial charge in [-0.05, 0) is 50.3 Å². The first-order valence-corrected chi connectivity index (χ1v) is 7.46. The van der Waals surface area contributed by atoms with Crippen LogP contribution in [0.25, 0.3) is 0 Å². The third-order valence-electron chi connectivity index (χ3n) is 3.83. The zero-order valence-corrected chi connectivity index (χ0v) is 12.7. The molecule has 0 radical (unpaired) electrons. The fourth-order valence-corrected chi connectivity index (χ4v) is 2.36. The molecule has 1 N–H and O–H groups in total. The number of carbonyl (C=O) groups excluding carboxylic acids is 1. The summed E-state index contributed by atoms with van der Waals surface area (Å²) in [7, 11) is 1.74. The smallest absolute Gasteiger partial charge is 0.321 e. The van der Waals surface area contributed by atoms with Gasteiger partial charge in [0.1, 0.15) is 5.82 Å². The standard InChI is InChI=1S/C16H23FN2O2/c1-12-6-7-13(11-15(12)17)18-16(20)19(2)9-8-14-5-3-4-10-21-14/h6-7,11,14H,3-5,8-10H2,1-2H3,(H,18,20)/t14-/m1/s1. The SMILES string of the molecule is Cc1ccc(NC(=O)N(C)CC[C@H]2CCCCO2)cc1F. The Labute approximate surface area is 125 Å². The molecule has 0 unspecified atom stereocenters.